The monoisotopic (exact) mass is 335 g/mol. The number of hydrogen-bond acceptors (Lipinski definition) is 5. The van der Waals surface area contributed by atoms with Gasteiger partial charge >= 0.3 is 0 Å². The van der Waals surface area contributed by atoms with E-state index in [4.69, 9.17) is 5.73 Å². The Morgan fingerprint density at radius 2 is 2.16 bits per heavy atom. The van der Waals surface area contributed by atoms with Crippen molar-refractivity contribution >= 4 is 33.1 Å². The third-order valence-electron chi connectivity index (χ3n) is 2.53. The minimum Gasteiger partial charge on any atom is -0.384 e. The van der Waals surface area contributed by atoms with Crippen LogP contribution < -0.4 is 5.73 Å². The Labute approximate surface area is 122 Å². The lowest BCUT2D eigenvalue weighted by atomic mass is 10.2. The van der Waals surface area contributed by atoms with Gasteiger partial charge in [-0.3, -0.25) is 4.68 Å². The lowest BCUT2D eigenvalue weighted by Crippen LogP contribution is -1.96. The third kappa shape index (κ3) is 2.52. The van der Waals surface area contributed by atoms with E-state index < -0.39 is 0 Å². The quantitative estimate of drug-likeness (QED) is 0.781. The first-order chi connectivity index (χ1) is 9.11. The van der Waals surface area contributed by atoms with Crippen LogP contribution in [0.2, 0.25) is 0 Å². The summed E-state index contributed by atoms with van der Waals surface area (Å²) in [6.07, 6.45) is 3.66. The molecule has 0 atom stereocenters. The van der Waals surface area contributed by atoms with Gasteiger partial charge in [-0.05, 0) is 22.0 Å². The maximum atomic E-state index is 5.86. The zero-order valence-corrected chi connectivity index (χ0v) is 12.4. The van der Waals surface area contributed by atoms with Crippen molar-refractivity contribution < 1.29 is 0 Å². The van der Waals surface area contributed by atoms with Crippen molar-refractivity contribution in [2.24, 2.45) is 7.05 Å². The number of aromatic nitrogens is 4. The van der Waals surface area contributed by atoms with Crippen LogP contribution >= 0.6 is 27.3 Å². The second-order valence-electron chi connectivity index (χ2n) is 4.03. The average molecular weight is 336 g/mol. The van der Waals surface area contributed by atoms with Crippen LogP contribution in [0.15, 0.2) is 34.4 Å². The van der Waals surface area contributed by atoms with Gasteiger partial charge in [0.05, 0.1) is 16.8 Å². The van der Waals surface area contributed by atoms with Gasteiger partial charge in [0.25, 0.3) is 0 Å². The lowest BCUT2D eigenvalue weighted by Gasteiger charge is -2.02. The molecule has 3 aromatic heterocycles. The summed E-state index contributed by atoms with van der Waals surface area (Å²) in [6, 6.07) is 3.73. The summed E-state index contributed by atoms with van der Waals surface area (Å²) in [4.78, 5) is 9.80. The van der Waals surface area contributed by atoms with Gasteiger partial charge in [-0.1, -0.05) is 0 Å². The first kappa shape index (κ1) is 12.3. The van der Waals surface area contributed by atoms with Crippen molar-refractivity contribution in [1.29, 1.82) is 0 Å². The zero-order valence-electron chi connectivity index (χ0n) is 10.0. The van der Waals surface area contributed by atoms with Crippen LogP contribution in [0.1, 0.15) is 0 Å². The van der Waals surface area contributed by atoms with Crippen molar-refractivity contribution in [3.8, 4) is 22.0 Å². The smallest absolute Gasteiger partial charge is 0.172 e. The normalized spacial score (nSPS) is 10.8. The van der Waals surface area contributed by atoms with Crippen LogP contribution in [-0.2, 0) is 7.05 Å². The number of hydrogen-bond donors (Lipinski definition) is 1. The Morgan fingerprint density at radius 1 is 1.32 bits per heavy atom. The van der Waals surface area contributed by atoms with Crippen LogP contribution in [-0.4, -0.2) is 19.7 Å². The molecule has 19 heavy (non-hydrogen) atoms. The molecule has 3 heterocycles. The van der Waals surface area contributed by atoms with Crippen LogP contribution in [0.25, 0.3) is 22.0 Å². The molecule has 7 heteroatoms. The summed E-state index contributed by atoms with van der Waals surface area (Å²) in [6.45, 7) is 0. The van der Waals surface area contributed by atoms with E-state index >= 15 is 0 Å². The highest BCUT2D eigenvalue weighted by Gasteiger charge is 2.10. The van der Waals surface area contributed by atoms with Gasteiger partial charge in [0.15, 0.2) is 5.82 Å². The van der Waals surface area contributed by atoms with E-state index in [0.717, 1.165) is 20.6 Å². The Bertz CT molecular complexity index is 675. The zero-order chi connectivity index (χ0) is 13.4. The van der Waals surface area contributed by atoms with Crippen molar-refractivity contribution in [3.05, 3.63) is 34.4 Å². The second-order valence-corrected chi connectivity index (χ2v) is 5.86. The Balaban J connectivity index is 2.10. The number of rotatable bonds is 2. The van der Waals surface area contributed by atoms with Crippen LogP contribution in [0.3, 0.4) is 0 Å². The Morgan fingerprint density at radius 3 is 2.79 bits per heavy atom. The summed E-state index contributed by atoms with van der Waals surface area (Å²) in [5, 5.41) is 6.13. The van der Waals surface area contributed by atoms with Gasteiger partial charge in [0, 0.05) is 34.7 Å². The van der Waals surface area contributed by atoms with Crippen LogP contribution in [0, 0.1) is 0 Å². The van der Waals surface area contributed by atoms with Gasteiger partial charge in [0.1, 0.15) is 5.82 Å². The number of nitrogen functional groups attached to an aromatic ring is 1. The molecule has 5 nitrogen and oxygen atoms in total. The van der Waals surface area contributed by atoms with E-state index in [9.17, 15) is 0 Å². The van der Waals surface area contributed by atoms with Gasteiger partial charge in [-0.2, -0.15) is 5.10 Å². The molecule has 0 saturated heterocycles. The Kier molecular flexibility index (Phi) is 3.08. The molecule has 0 amide bonds. The lowest BCUT2D eigenvalue weighted by molar-refractivity contribution is 0.768. The fourth-order valence-corrected chi connectivity index (χ4v) is 3.07. The highest BCUT2D eigenvalue weighted by molar-refractivity contribution is 9.10. The molecule has 0 aliphatic carbocycles. The molecule has 0 saturated carbocycles. The molecule has 3 rings (SSSR count). The number of anilines is 1. The molecule has 0 bridgehead atoms. The predicted molar refractivity (Wildman–Crippen MR) is 79.7 cm³/mol. The van der Waals surface area contributed by atoms with E-state index in [-0.39, 0.29) is 0 Å². The van der Waals surface area contributed by atoms with E-state index in [0.29, 0.717) is 11.6 Å². The molecule has 0 aromatic carbocycles. The maximum absolute atomic E-state index is 5.86. The van der Waals surface area contributed by atoms with Crippen molar-refractivity contribution in [2.45, 2.75) is 0 Å². The minimum atomic E-state index is 0.452. The highest BCUT2D eigenvalue weighted by atomic mass is 79.9. The van der Waals surface area contributed by atoms with Gasteiger partial charge < -0.3 is 5.73 Å². The van der Waals surface area contributed by atoms with E-state index in [2.05, 4.69) is 31.0 Å². The Hall–Kier alpha value is -1.73. The first-order valence-electron chi connectivity index (χ1n) is 5.50. The molecule has 0 unspecified atom stereocenters. The molecule has 0 aliphatic rings. The van der Waals surface area contributed by atoms with E-state index in [1.807, 2.05) is 24.7 Å². The largest absolute Gasteiger partial charge is 0.384 e. The van der Waals surface area contributed by atoms with E-state index in [1.54, 1.807) is 28.3 Å². The summed E-state index contributed by atoms with van der Waals surface area (Å²) < 4.78 is 2.75. The number of nitrogens with two attached hydrogens (primary N) is 1. The molecule has 0 spiro atoms. The van der Waals surface area contributed by atoms with Crippen molar-refractivity contribution in [2.75, 3.05) is 5.73 Å². The summed E-state index contributed by atoms with van der Waals surface area (Å²) in [5.41, 5.74) is 7.56. The van der Waals surface area contributed by atoms with Crippen molar-refractivity contribution in [1.82, 2.24) is 19.7 Å². The molecule has 0 radical (unpaired) electrons. The van der Waals surface area contributed by atoms with Gasteiger partial charge in [-0.25, -0.2) is 9.97 Å². The average Bonchev–Trinajstić information content (AvgIpc) is 2.97. The number of nitrogens with zero attached hydrogens (tertiary/aromatic N) is 4. The molecule has 2 N–H and O–H groups in total. The van der Waals surface area contributed by atoms with Crippen LogP contribution in [0.4, 0.5) is 5.82 Å². The van der Waals surface area contributed by atoms with Gasteiger partial charge in [-0.15, -0.1) is 11.3 Å². The van der Waals surface area contributed by atoms with Crippen LogP contribution in [0.5, 0.6) is 0 Å². The molecule has 3 aromatic rings. The van der Waals surface area contributed by atoms with Crippen molar-refractivity contribution in [3.63, 3.8) is 0 Å². The maximum Gasteiger partial charge on any atom is 0.172 e. The number of halogens is 1. The molecule has 0 aliphatic heterocycles. The number of aryl methyl sites for hydroxylation is 1. The minimum absolute atomic E-state index is 0.452. The molecule has 0 fully saturated rings. The highest BCUT2D eigenvalue weighted by Crippen LogP contribution is 2.29. The SMILES string of the molecule is Cn1cc(-c2cc(N)nc(-c3cc(Br)cs3)n2)cn1. The van der Waals surface area contributed by atoms with Gasteiger partial charge in [0.2, 0.25) is 0 Å². The standard InChI is InChI=1S/C12H10BrN5S/c1-18-5-7(4-15-18)9-3-11(14)17-12(16-9)10-2-8(13)6-19-10/h2-6H,1H3,(H2,14,16,17). The molecular formula is C12H10BrN5S. The fraction of sp³-hybridized carbons (Fsp3) is 0.0833. The third-order valence-corrected chi connectivity index (χ3v) is 4.22. The molecule has 96 valence electrons. The number of thiophene rings is 1. The predicted octanol–water partition coefficient (Wildman–Crippen LogP) is 2.95. The summed E-state index contributed by atoms with van der Waals surface area (Å²) in [5.74, 6) is 1.09. The first-order valence-corrected chi connectivity index (χ1v) is 7.17. The second kappa shape index (κ2) is 4.75. The summed E-state index contributed by atoms with van der Waals surface area (Å²) >= 11 is 5.00. The molecular weight excluding hydrogens is 326 g/mol. The topological polar surface area (TPSA) is 69.6 Å². The van der Waals surface area contributed by atoms with E-state index in [1.165, 1.54) is 0 Å². The fourth-order valence-electron chi connectivity index (χ4n) is 1.71. The summed E-state index contributed by atoms with van der Waals surface area (Å²) in [7, 11) is 1.87.